The zero-order valence-electron chi connectivity index (χ0n) is 13.9. The molecule has 0 aliphatic heterocycles. The normalized spacial score (nSPS) is 10.4. The van der Waals surface area contributed by atoms with E-state index in [1.54, 1.807) is 6.07 Å². The average Bonchev–Trinajstić information content (AvgIpc) is 2.46. The van der Waals surface area contributed by atoms with Crippen LogP contribution in [0.5, 0.6) is 0 Å². The van der Waals surface area contributed by atoms with Crippen molar-refractivity contribution in [3.8, 4) is 0 Å². The zero-order valence-corrected chi connectivity index (χ0v) is 13.9. The van der Waals surface area contributed by atoms with Crippen molar-refractivity contribution in [2.45, 2.75) is 54.4 Å². The van der Waals surface area contributed by atoms with Crippen LogP contribution in [0.25, 0.3) is 0 Å². The van der Waals surface area contributed by atoms with Gasteiger partial charge < -0.3 is 4.79 Å². The summed E-state index contributed by atoms with van der Waals surface area (Å²) in [5.41, 5.74) is 1.89. The Morgan fingerprint density at radius 2 is 1.67 bits per heavy atom. The number of carbonyl (C=O) groups excluding carboxylic acids is 3. The summed E-state index contributed by atoms with van der Waals surface area (Å²) >= 11 is 0. The van der Waals surface area contributed by atoms with Gasteiger partial charge in [-0.1, -0.05) is 32.9 Å². The maximum Gasteiger partial charge on any atom is 0.168 e. The Labute approximate surface area is 127 Å². The van der Waals surface area contributed by atoms with Gasteiger partial charge in [-0.25, -0.2) is 0 Å². The van der Waals surface area contributed by atoms with Gasteiger partial charge in [-0.15, -0.1) is 0 Å². The van der Waals surface area contributed by atoms with E-state index in [9.17, 15) is 9.59 Å². The molecule has 0 N–H and O–H groups in total. The van der Waals surface area contributed by atoms with Crippen LogP contribution in [0.2, 0.25) is 0 Å². The van der Waals surface area contributed by atoms with Gasteiger partial charge in [-0.2, -0.15) is 0 Å². The van der Waals surface area contributed by atoms with Gasteiger partial charge in [0.2, 0.25) is 0 Å². The maximum absolute atomic E-state index is 12.5. The summed E-state index contributed by atoms with van der Waals surface area (Å²) in [6, 6.07) is 5.42. The molecule has 0 unspecified atom stereocenters. The first-order chi connectivity index (χ1) is 9.77. The number of Topliss-reactive ketones (excluding diaryl/α,β-unsaturated/α-hetero) is 2. The number of carbonyl (C=O) groups is 3. The molecule has 21 heavy (non-hydrogen) atoms. The topological polar surface area (TPSA) is 51.2 Å². The van der Waals surface area contributed by atoms with Crippen LogP contribution in [-0.4, -0.2) is 17.9 Å². The van der Waals surface area contributed by atoms with E-state index in [1.807, 2.05) is 39.8 Å². The largest absolute Gasteiger partial charge is 0.304 e. The first-order valence-corrected chi connectivity index (χ1v) is 7.33. The van der Waals surface area contributed by atoms with Gasteiger partial charge in [0.1, 0.15) is 6.29 Å². The molecule has 0 bridgehead atoms. The minimum atomic E-state index is -0.330. The lowest BCUT2D eigenvalue weighted by atomic mass is 9.77. The molecule has 116 valence electrons. The summed E-state index contributed by atoms with van der Waals surface area (Å²) in [6.45, 7) is 10.9. The Kier molecular flexibility index (Phi) is 7.79. The minimum absolute atomic E-state index is 0.0110. The first kappa shape index (κ1) is 19.2. The zero-order chi connectivity index (χ0) is 16.6. The lowest BCUT2D eigenvalue weighted by Crippen LogP contribution is -2.26. The number of rotatable bonds is 5. The van der Waals surface area contributed by atoms with Gasteiger partial charge in [0.15, 0.2) is 11.6 Å². The molecule has 3 nitrogen and oxygen atoms in total. The third-order valence-corrected chi connectivity index (χ3v) is 3.99. The summed E-state index contributed by atoms with van der Waals surface area (Å²) in [7, 11) is 0. The molecular formula is C18H26O3. The van der Waals surface area contributed by atoms with Crippen LogP contribution in [0.3, 0.4) is 0 Å². The monoisotopic (exact) mass is 290 g/mol. The number of hydrogen-bond donors (Lipinski definition) is 0. The van der Waals surface area contributed by atoms with Crippen LogP contribution in [0, 0.1) is 12.3 Å². The Morgan fingerprint density at radius 3 is 2.05 bits per heavy atom. The lowest BCUT2D eigenvalue weighted by Gasteiger charge is -2.25. The highest BCUT2D eigenvalue weighted by Crippen LogP contribution is 2.30. The van der Waals surface area contributed by atoms with Crippen molar-refractivity contribution in [1.29, 1.82) is 0 Å². The van der Waals surface area contributed by atoms with Gasteiger partial charge >= 0.3 is 0 Å². The molecular weight excluding hydrogens is 264 g/mol. The first-order valence-electron chi connectivity index (χ1n) is 7.33. The summed E-state index contributed by atoms with van der Waals surface area (Å²) in [5.74, 6) is 0.145. The van der Waals surface area contributed by atoms with Crippen molar-refractivity contribution in [3.05, 3.63) is 34.9 Å². The highest BCUT2D eigenvalue weighted by atomic mass is 16.1. The van der Waals surface area contributed by atoms with Crippen molar-refractivity contribution in [3.63, 3.8) is 0 Å². The molecule has 1 aromatic rings. The van der Waals surface area contributed by atoms with Gasteiger partial charge in [0, 0.05) is 16.5 Å². The molecule has 1 rings (SSSR count). The third-order valence-electron chi connectivity index (χ3n) is 3.99. The molecule has 3 heteroatoms. The van der Waals surface area contributed by atoms with Crippen molar-refractivity contribution >= 4 is 17.9 Å². The molecule has 0 atom stereocenters. The molecule has 1 aromatic carbocycles. The van der Waals surface area contributed by atoms with Crippen LogP contribution in [-0.2, 0) is 4.79 Å². The van der Waals surface area contributed by atoms with Crippen molar-refractivity contribution in [2.24, 2.45) is 5.41 Å². The molecule has 0 aromatic heterocycles. The standard InChI is InChI=1S/C16H22O2.C2H4O/c1-6-16(5,7-2)15(18)13-9-8-11(3)14(10-13)12(4)17;1-2-3/h8-10H,6-7H2,1-5H3;2H,1H3. The molecule has 0 heterocycles. The van der Waals surface area contributed by atoms with E-state index in [0.29, 0.717) is 11.1 Å². The highest BCUT2D eigenvalue weighted by molar-refractivity contribution is 6.03. The summed E-state index contributed by atoms with van der Waals surface area (Å²) in [5, 5.41) is 0. The molecule has 0 saturated carbocycles. The number of aryl methyl sites for hydroxylation is 1. The second-order valence-electron chi connectivity index (χ2n) is 5.42. The predicted octanol–water partition coefficient (Wildman–Crippen LogP) is 4.41. The van der Waals surface area contributed by atoms with Gasteiger partial charge in [0.25, 0.3) is 0 Å². The van der Waals surface area contributed by atoms with Crippen LogP contribution < -0.4 is 0 Å². The van der Waals surface area contributed by atoms with E-state index < -0.39 is 0 Å². The summed E-state index contributed by atoms with van der Waals surface area (Å²) < 4.78 is 0. The number of aldehydes is 1. The van der Waals surface area contributed by atoms with Crippen molar-refractivity contribution in [1.82, 2.24) is 0 Å². The second kappa shape index (κ2) is 8.50. The number of ketones is 2. The van der Waals surface area contributed by atoms with Gasteiger partial charge in [-0.3, -0.25) is 9.59 Å². The van der Waals surface area contributed by atoms with E-state index in [0.717, 1.165) is 24.7 Å². The Bertz CT molecular complexity index is 511. The highest BCUT2D eigenvalue weighted by Gasteiger charge is 2.30. The average molecular weight is 290 g/mol. The van der Waals surface area contributed by atoms with E-state index in [2.05, 4.69) is 0 Å². The van der Waals surface area contributed by atoms with E-state index >= 15 is 0 Å². The van der Waals surface area contributed by atoms with Crippen LogP contribution in [0.4, 0.5) is 0 Å². The molecule has 0 fully saturated rings. The molecule has 0 aliphatic rings. The van der Waals surface area contributed by atoms with Crippen LogP contribution >= 0.6 is 0 Å². The molecule has 0 amide bonds. The van der Waals surface area contributed by atoms with E-state index in [-0.39, 0.29) is 17.0 Å². The number of hydrogen-bond acceptors (Lipinski definition) is 3. The minimum Gasteiger partial charge on any atom is -0.304 e. The van der Waals surface area contributed by atoms with Crippen molar-refractivity contribution in [2.75, 3.05) is 0 Å². The Hall–Kier alpha value is -1.77. The quantitative estimate of drug-likeness (QED) is 0.596. The Morgan fingerprint density at radius 1 is 1.19 bits per heavy atom. The second-order valence-corrected chi connectivity index (χ2v) is 5.42. The summed E-state index contributed by atoms with van der Waals surface area (Å²) in [4.78, 5) is 32.8. The fraction of sp³-hybridized carbons (Fsp3) is 0.500. The van der Waals surface area contributed by atoms with Crippen molar-refractivity contribution < 1.29 is 14.4 Å². The predicted molar refractivity (Wildman–Crippen MR) is 85.9 cm³/mol. The number of benzene rings is 1. The maximum atomic E-state index is 12.5. The molecule has 0 saturated heterocycles. The molecule has 0 radical (unpaired) electrons. The van der Waals surface area contributed by atoms with Gasteiger partial charge in [-0.05, 0) is 45.2 Å². The lowest BCUT2D eigenvalue weighted by molar-refractivity contribution is -0.106. The van der Waals surface area contributed by atoms with E-state index in [4.69, 9.17) is 4.79 Å². The fourth-order valence-electron chi connectivity index (χ4n) is 2.06. The van der Waals surface area contributed by atoms with Gasteiger partial charge in [0.05, 0.1) is 0 Å². The van der Waals surface area contributed by atoms with E-state index in [1.165, 1.54) is 13.8 Å². The van der Waals surface area contributed by atoms with Crippen LogP contribution in [0.1, 0.15) is 73.7 Å². The SMILES string of the molecule is CC=O.CCC(C)(CC)C(=O)c1ccc(C)c(C(C)=O)c1. The fourth-order valence-corrected chi connectivity index (χ4v) is 2.06. The van der Waals surface area contributed by atoms with Crippen LogP contribution in [0.15, 0.2) is 18.2 Å². The Balaban J connectivity index is 0.00000122. The smallest absolute Gasteiger partial charge is 0.168 e. The molecule has 0 aliphatic carbocycles. The molecule has 0 spiro atoms. The third kappa shape index (κ3) is 4.92. The summed E-state index contributed by atoms with van der Waals surface area (Å²) in [6.07, 6.45) is 2.37.